The molecule has 0 amide bonds. The third kappa shape index (κ3) is 3.19. The molecule has 0 aliphatic heterocycles. The monoisotopic (exact) mass is 226 g/mol. The predicted molar refractivity (Wildman–Crippen MR) is 53.1 cm³/mol. The Balaban J connectivity index is 2.44. The number of hydrogen-bond acceptors (Lipinski definition) is 5. The topological polar surface area (TPSA) is 25.8 Å². The fourth-order valence-electron chi connectivity index (χ4n) is 0.464. The molecule has 1 aromatic heterocycles. The van der Waals surface area contributed by atoms with Crippen LogP contribution in [0.15, 0.2) is 8.68 Å². The molecule has 1 heterocycles. The Morgan fingerprint density at radius 2 is 2.18 bits per heavy atom. The Morgan fingerprint density at radius 1 is 1.45 bits per heavy atom. The smallest absolute Gasteiger partial charge is 0.131 e. The van der Waals surface area contributed by atoms with Crippen LogP contribution in [0, 0.1) is 0 Å². The van der Waals surface area contributed by atoms with E-state index in [9.17, 15) is 0 Å². The van der Waals surface area contributed by atoms with Gasteiger partial charge in [0.25, 0.3) is 0 Å². The molecule has 0 saturated carbocycles. The van der Waals surface area contributed by atoms with Gasteiger partial charge in [0.15, 0.2) is 8.68 Å². The second kappa shape index (κ2) is 5.24. The molecule has 62 valence electrons. The zero-order valence-corrected chi connectivity index (χ0v) is 9.12. The van der Waals surface area contributed by atoms with Crippen LogP contribution in [0.1, 0.15) is 0 Å². The van der Waals surface area contributed by atoms with Crippen LogP contribution in [0.3, 0.4) is 0 Å². The summed E-state index contributed by atoms with van der Waals surface area (Å²) in [4.78, 5) is 0. The van der Waals surface area contributed by atoms with E-state index >= 15 is 0 Å². The minimum Gasteiger partial charge on any atom is -0.131 e. The van der Waals surface area contributed by atoms with Crippen LogP contribution in [0.25, 0.3) is 0 Å². The lowest BCUT2D eigenvalue weighted by Gasteiger charge is -1.87. The molecule has 6 heteroatoms. The summed E-state index contributed by atoms with van der Waals surface area (Å²) in [7, 11) is 0. The fourth-order valence-corrected chi connectivity index (χ4v) is 2.93. The highest BCUT2D eigenvalue weighted by Crippen LogP contribution is 2.26. The van der Waals surface area contributed by atoms with Crippen molar-refractivity contribution < 1.29 is 0 Å². The van der Waals surface area contributed by atoms with E-state index in [-0.39, 0.29) is 0 Å². The van der Waals surface area contributed by atoms with Gasteiger partial charge >= 0.3 is 0 Å². The van der Waals surface area contributed by atoms with Gasteiger partial charge in [0, 0.05) is 11.6 Å². The Bertz CT molecular complexity index is 215. The van der Waals surface area contributed by atoms with Crippen molar-refractivity contribution >= 4 is 46.5 Å². The van der Waals surface area contributed by atoms with Crippen molar-refractivity contribution in [2.75, 3.05) is 17.9 Å². The van der Waals surface area contributed by atoms with Crippen LogP contribution in [0.4, 0.5) is 0 Å². The van der Waals surface area contributed by atoms with Gasteiger partial charge in [0.1, 0.15) is 0 Å². The van der Waals surface area contributed by atoms with Gasteiger partial charge in [-0.05, 0) is 6.26 Å². The first kappa shape index (κ1) is 9.64. The summed E-state index contributed by atoms with van der Waals surface area (Å²) >= 11 is 10.4. The van der Waals surface area contributed by atoms with E-state index in [1.807, 2.05) is 6.26 Å². The molecule has 0 aliphatic carbocycles. The third-order valence-electron chi connectivity index (χ3n) is 0.865. The molecule has 0 aromatic carbocycles. The van der Waals surface area contributed by atoms with Gasteiger partial charge in [-0.3, -0.25) is 0 Å². The molecule has 0 aliphatic rings. The zero-order chi connectivity index (χ0) is 8.10. The molecule has 11 heavy (non-hydrogen) atoms. The number of halogens is 1. The first-order valence-corrected chi connectivity index (χ1v) is 6.49. The van der Waals surface area contributed by atoms with Crippen LogP contribution >= 0.6 is 46.5 Å². The maximum atomic E-state index is 5.52. The standard InChI is InChI=1S/C5H7ClN2S3/c1-9-4-7-8-5(11-4)10-3-2-6/h2-3H2,1H3. The number of thioether (sulfide) groups is 2. The van der Waals surface area contributed by atoms with Crippen molar-refractivity contribution in [3.05, 3.63) is 0 Å². The van der Waals surface area contributed by atoms with E-state index in [2.05, 4.69) is 10.2 Å². The number of rotatable bonds is 4. The van der Waals surface area contributed by atoms with Crippen molar-refractivity contribution in [3.8, 4) is 0 Å². The van der Waals surface area contributed by atoms with Crippen molar-refractivity contribution in [2.24, 2.45) is 0 Å². The van der Waals surface area contributed by atoms with Gasteiger partial charge in [-0.25, -0.2) is 0 Å². The highest BCUT2D eigenvalue weighted by Gasteiger charge is 2.01. The average molecular weight is 227 g/mol. The van der Waals surface area contributed by atoms with E-state index in [0.717, 1.165) is 14.4 Å². The van der Waals surface area contributed by atoms with Gasteiger partial charge in [0.05, 0.1) is 0 Å². The Hall–Kier alpha value is 0.550. The first-order chi connectivity index (χ1) is 5.36. The quantitative estimate of drug-likeness (QED) is 0.582. The second-order valence-electron chi connectivity index (χ2n) is 1.58. The summed E-state index contributed by atoms with van der Waals surface area (Å²) in [6, 6.07) is 0. The van der Waals surface area contributed by atoms with Gasteiger partial charge in [0.2, 0.25) is 0 Å². The SMILES string of the molecule is CSc1nnc(SCCCl)s1. The summed E-state index contributed by atoms with van der Waals surface area (Å²) in [6.45, 7) is 0. The maximum Gasteiger partial charge on any atom is 0.175 e. The maximum absolute atomic E-state index is 5.52. The molecule has 0 bridgehead atoms. The zero-order valence-electron chi connectivity index (χ0n) is 5.91. The molecule has 0 N–H and O–H groups in total. The second-order valence-corrected chi connectivity index (χ2v) is 5.33. The number of hydrogen-bond donors (Lipinski definition) is 0. The minimum absolute atomic E-state index is 0.666. The molecule has 0 spiro atoms. The molecule has 0 fully saturated rings. The lowest BCUT2D eigenvalue weighted by molar-refractivity contribution is 0.956. The highest BCUT2D eigenvalue weighted by molar-refractivity contribution is 8.03. The van der Waals surface area contributed by atoms with Crippen LogP contribution in [-0.2, 0) is 0 Å². The normalized spacial score (nSPS) is 10.4. The fraction of sp³-hybridized carbons (Fsp3) is 0.600. The van der Waals surface area contributed by atoms with Gasteiger partial charge in [-0.1, -0.05) is 34.9 Å². The van der Waals surface area contributed by atoms with Crippen LogP contribution in [0.5, 0.6) is 0 Å². The van der Waals surface area contributed by atoms with Crippen LogP contribution < -0.4 is 0 Å². The number of nitrogens with zero attached hydrogens (tertiary/aromatic N) is 2. The predicted octanol–water partition coefficient (Wildman–Crippen LogP) is 2.59. The molecule has 1 aromatic rings. The van der Waals surface area contributed by atoms with Crippen LogP contribution in [0.2, 0.25) is 0 Å². The first-order valence-electron chi connectivity index (χ1n) is 2.93. The van der Waals surface area contributed by atoms with E-state index < -0.39 is 0 Å². The molecule has 2 nitrogen and oxygen atoms in total. The van der Waals surface area contributed by atoms with E-state index in [4.69, 9.17) is 11.6 Å². The Morgan fingerprint density at radius 3 is 2.73 bits per heavy atom. The molecule has 0 atom stereocenters. The summed E-state index contributed by atoms with van der Waals surface area (Å²) < 4.78 is 2.03. The number of aromatic nitrogens is 2. The lowest BCUT2D eigenvalue weighted by atomic mass is 11.0. The van der Waals surface area contributed by atoms with Crippen LogP contribution in [-0.4, -0.2) is 28.1 Å². The molecular formula is C5H7ClN2S3. The summed E-state index contributed by atoms with van der Waals surface area (Å²) in [5.41, 5.74) is 0. The van der Waals surface area contributed by atoms with E-state index in [0.29, 0.717) is 5.88 Å². The summed E-state index contributed by atoms with van der Waals surface area (Å²) in [5.74, 6) is 1.57. The minimum atomic E-state index is 0.666. The lowest BCUT2D eigenvalue weighted by Crippen LogP contribution is -1.77. The van der Waals surface area contributed by atoms with Crippen molar-refractivity contribution in [1.29, 1.82) is 0 Å². The van der Waals surface area contributed by atoms with Crippen molar-refractivity contribution in [3.63, 3.8) is 0 Å². The van der Waals surface area contributed by atoms with Gasteiger partial charge < -0.3 is 0 Å². The Kier molecular flexibility index (Phi) is 4.59. The van der Waals surface area contributed by atoms with Gasteiger partial charge in [-0.2, -0.15) is 0 Å². The molecule has 1 rings (SSSR count). The van der Waals surface area contributed by atoms with Crippen molar-refractivity contribution in [2.45, 2.75) is 8.68 Å². The average Bonchev–Trinajstić information content (AvgIpc) is 2.48. The highest BCUT2D eigenvalue weighted by atomic mass is 35.5. The Labute approximate surface area is 83.1 Å². The largest absolute Gasteiger partial charge is 0.175 e. The van der Waals surface area contributed by atoms with Crippen molar-refractivity contribution in [1.82, 2.24) is 10.2 Å². The van der Waals surface area contributed by atoms with Gasteiger partial charge in [-0.15, -0.1) is 21.8 Å². The third-order valence-corrected chi connectivity index (χ3v) is 4.31. The number of alkyl halides is 1. The molecule has 0 radical (unpaired) electrons. The van der Waals surface area contributed by atoms with E-state index in [1.165, 1.54) is 0 Å². The molecular weight excluding hydrogens is 220 g/mol. The summed E-state index contributed by atoms with van der Waals surface area (Å²) in [5, 5.41) is 7.93. The van der Waals surface area contributed by atoms with E-state index in [1.54, 1.807) is 34.9 Å². The summed E-state index contributed by atoms with van der Waals surface area (Å²) in [6.07, 6.45) is 2.00. The molecule has 0 unspecified atom stereocenters. The molecule has 0 saturated heterocycles.